The quantitative estimate of drug-likeness (QED) is 0.578. The molecule has 5 heteroatoms. The number of rotatable bonds is 2. The zero-order valence-electron chi connectivity index (χ0n) is 14.4. The van der Waals surface area contributed by atoms with Gasteiger partial charge in [0.05, 0.1) is 10.8 Å². The number of nitrogens with zero attached hydrogens (tertiary/aromatic N) is 1. The molecule has 0 spiro atoms. The van der Waals surface area contributed by atoms with Crippen LogP contribution in [0.2, 0.25) is 0 Å². The first-order valence-electron chi connectivity index (χ1n) is 7.87. The summed E-state index contributed by atoms with van der Waals surface area (Å²) in [7, 11) is 0. The highest BCUT2D eigenvalue weighted by atomic mass is 19.1. The molecule has 0 saturated carbocycles. The highest BCUT2D eigenvalue weighted by Crippen LogP contribution is 2.53. The molecule has 0 amide bonds. The third-order valence-electron chi connectivity index (χ3n) is 5.00. The van der Waals surface area contributed by atoms with Gasteiger partial charge in [0.15, 0.2) is 0 Å². The SMILES string of the molecule is Cc1c(C)c([N+](=O)[O-])c(C)c2c1OC(C)(C)C2c1ccc(F)cc1. The van der Waals surface area contributed by atoms with Crippen LogP contribution in [0.1, 0.15) is 47.6 Å². The Labute approximate surface area is 140 Å². The molecule has 1 atom stereocenters. The molecule has 4 nitrogen and oxygen atoms in total. The summed E-state index contributed by atoms with van der Waals surface area (Å²) < 4.78 is 19.5. The van der Waals surface area contributed by atoms with Gasteiger partial charge in [0.25, 0.3) is 5.69 Å². The minimum atomic E-state index is -0.572. The summed E-state index contributed by atoms with van der Waals surface area (Å²) in [6, 6.07) is 6.27. The highest BCUT2D eigenvalue weighted by Gasteiger charge is 2.46. The molecule has 0 aliphatic carbocycles. The molecule has 0 radical (unpaired) electrons. The van der Waals surface area contributed by atoms with Crippen molar-refractivity contribution in [1.82, 2.24) is 0 Å². The Bertz CT molecular complexity index is 841. The van der Waals surface area contributed by atoms with Crippen LogP contribution in [0.25, 0.3) is 0 Å². The summed E-state index contributed by atoms with van der Waals surface area (Å²) in [6.07, 6.45) is 0. The Morgan fingerprint density at radius 1 is 1.08 bits per heavy atom. The average molecular weight is 329 g/mol. The maximum absolute atomic E-state index is 13.3. The van der Waals surface area contributed by atoms with E-state index in [1.165, 1.54) is 12.1 Å². The predicted octanol–water partition coefficient (Wildman–Crippen LogP) is 4.96. The first-order chi connectivity index (χ1) is 11.1. The van der Waals surface area contributed by atoms with Crippen LogP contribution in [0.4, 0.5) is 10.1 Å². The lowest BCUT2D eigenvalue weighted by molar-refractivity contribution is -0.386. The van der Waals surface area contributed by atoms with E-state index in [1.807, 2.05) is 20.8 Å². The normalized spacial score (nSPS) is 18.2. The summed E-state index contributed by atoms with van der Waals surface area (Å²) in [5.41, 5.74) is 3.34. The zero-order valence-corrected chi connectivity index (χ0v) is 14.4. The molecular weight excluding hydrogens is 309 g/mol. The van der Waals surface area contributed by atoms with Gasteiger partial charge in [-0.15, -0.1) is 0 Å². The van der Waals surface area contributed by atoms with Gasteiger partial charge in [-0.05, 0) is 52.3 Å². The Morgan fingerprint density at radius 3 is 2.21 bits per heavy atom. The number of hydrogen-bond donors (Lipinski definition) is 0. The fourth-order valence-electron chi connectivity index (χ4n) is 3.77. The Morgan fingerprint density at radius 2 is 1.67 bits per heavy atom. The van der Waals surface area contributed by atoms with Crippen molar-refractivity contribution in [2.24, 2.45) is 0 Å². The first kappa shape index (κ1) is 16.4. The monoisotopic (exact) mass is 329 g/mol. The molecule has 1 heterocycles. The van der Waals surface area contributed by atoms with Crippen LogP contribution < -0.4 is 4.74 Å². The number of benzene rings is 2. The van der Waals surface area contributed by atoms with Gasteiger partial charge in [-0.3, -0.25) is 10.1 Å². The van der Waals surface area contributed by atoms with Crippen molar-refractivity contribution < 1.29 is 14.1 Å². The lowest BCUT2D eigenvalue weighted by Crippen LogP contribution is -2.31. The second-order valence-corrected chi connectivity index (χ2v) is 6.91. The maximum Gasteiger partial charge on any atom is 0.276 e. The van der Waals surface area contributed by atoms with Gasteiger partial charge < -0.3 is 4.74 Å². The van der Waals surface area contributed by atoms with Crippen molar-refractivity contribution in [3.05, 3.63) is 68.0 Å². The molecule has 0 fully saturated rings. The molecule has 1 unspecified atom stereocenters. The second-order valence-electron chi connectivity index (χ2n) is 6.91. The van der Waals surface area contributed by atoms with E-state index in [1.54, 1.807) is 26.0 Å². The predicted molar refractivity (Wildman–Crippen MR) is 90.3 cm³/mol. The van der Waals surface area contributed by atoms with E-state index in [4.69, 9.17) is 4.74 Å². The molecule has 0 aromatic heterocycles. The van der Waals surface area contributed by atoms with Gasteiger partial charge in [-0.25, -0.2) is 4.39 Å². The number of nitro benzene ring substituents is 1. The van der Waals surface area contributed by atoms with Crippen LogP contribution in [-0.4, -0.2) is 10.5 Å². The standard InChI is InChI=1S/C19H20FNO3/c1-10-11(2)18-15(12(3)17(10)21(22)23)16(19(4,5)24-18)13-6-8-14(20)9-7-13/h6-9,16H,1-5H3. The number of ether oxygens (including phenoxy) is 1. The van der Waals surface area contributed by atoms with Crippen LogP contribution in [0, 0.1) is 36.7 Å². The van der Waals surface area contributed by atoms with E-state index in [2.05, 4.69) is 0 Å². The van der Waals surface area contributed by atoms with Crippen molar-refractivity contribution in [3.63, 3.8) is 0 Å². The van der Waals surface area contributed by atoms with E-state index in [0.717, 1.165) is 22.4 Å². The largest absolute Gasteiger partial charge is 0.486 e. The third-order valence-corrected chi connectivity index (χ3v) is 5.00. The Kier molecular flexibility index (Phi) is 3.62. The summed E-state index contributed by atoms with van der Waals surface area (Å²) in [6.45, 7) is 9.29. The van der Waals surface area contributed by atoms with Gasteiger partial charge in [0.1, 0.15) is 17.2 Å². The fraction of sp³-hybridized carbons (Fsp3) is 0.368. The molecule has 3 rings (SSSR count). The van der Waals surface area contributed by atoms with Crippen LogP contribution >= 0.6 is 0 Å². The molecule has 0 bridgehead atoms. The molecule has 126 valence electrons. The molecule has 2 aromatic carbocycles. The minimum Gasteiger partial charge on any atom is -0.486 e. The second kappa shape index (κ2) is 5.30. The molecule has 0 saturated heterocycles. The summed E-state index contributed by atoms with van der Waals surface area (Å²) >= 11 is 0. The molecule has 0 N–H and O–H groups in total. The van der Waals surface area contributed by atoms with E-state index in [0.29, 0.717) is 11.1 Å². The topological polar surface area (TPSA) is 52.4 Å². The average Bonchev–Trinajstić information content (AvgIpc) is 2.77. The van der Waals surface area contributed by atoms with Crippen LogP contribution in [0.3, 0.4) is 0 Å². The van der Waals surface area contributed by atoms with Crippen molar-refractivity contribution in [2.75, 3.05) is 0 Å². The number of hydrogen-bond acceptors (Lipinski definition) is 3. The van der Waals surface area contributed by atoms with Gasteiger partial charge in [-0.1, -0.05) is 12.1 Å². The first-order valence-corrected chi connectivity index (χ1v) is 7.87. The summed E-state index contributed by atoms with van der Waals surface area (Å²) in [5, 5.41) is 11.6. The Balaban J connectivity index is 2.32. The zero-order chi connectivity index (χ0) is 17.8. The van der Waals surface area contributed by atoms with Crippen molar-refractivity contribution in [1.29, 1.82) is 0 Å². The molecule has 2 aromatic rings. The van der Waals surface area contributed by atoms with Crippen molar-refractivity contribution in [2.45, 2.75) is 46.1 Å². The van der Waals surface area contributed by atoms with Gasteiger partial charge in [-0.2, -0.15) is 0 Å². The summed E-state index contributed by atoms with van der Waals surface area (Å²) in [5.74, 6) is 0.222. The number of halogens is 1. The molecule has 24 heavy (non-hydrogen) atoms. The molecule has 1 aliphatic heterocycles. The molecular formula is C19H20FNO3. The smallest absolute Gasteiger partial charge is 0.276 e. The molecule has 1 aliphatic rings. The Hall–Kier alpha value is -2.43. The van der Waals surface area contributed by atoms with E-state index < -0.39 is 5.60 Å². The number of nitro groups is 1. The maximum atomic E-state index is 13.3. The van der Waals surface area contributed by atoms with Gasteiger partial charge in [0.2, 0.25) is 0 Å². The van der Waals surface area contributed by atoms with Crippen molar-refractivity contribution >= 4 is 5.69 Å². The lowest BCUT2D eigenvalue weighted by Gasteiger charge is -2.27. The van der Waals surface area contributed by atoms with E-state index in [-0.39, 0.29) is 22.3 Å². The summed E-state index contributed by atoms with van der Waals surface area (Å²) in [4.78, 5) is 11.2. The van der Waals surface area contributed by atoms with E-state index in [9.17, 15) is 14.5 Å². The van der Waals surface area contributed by atoms with Crippen molar-refractivity contribution in [3.8, 4) is 5.75 Å². The van der Waals surface area contributed by atoms with Gasteiger partial charge >= 0.3 is 0 Å². The van der Waals surface area contributed by atoms with Crippen LogP contribution in [-0.2, 0) is 0 Å². The number of fused-ring (bicyclic) bond motifs is 1. The fourth-order valence-corrected chi connectivity index (χ4v) is 3.77. The van der Waals surface area contributed by atoms with Gasteiger partial charge in [0, 0.05) is 22.3 Å². The van der Waals surface area contributed by atoms with Crippen LogP contribution in [0.5, 0.6) is 5.75 Å². The highest BCUT2D eigenvalue weighted by molar-refractivity contribution is 5.66. The van der Waals surface area contributed by atoms with Crippen LogP contribution in [0.15, 0.2) is 24.3 Å². The lowest BCUT2D eigenvalue weighted by atomic mass is 9.78. The van der Waals surface area contributed by atoms with E-state index >= 15 is 0 Å². The third kappa shape index (κ3) is 2.27. The minimum absolute atomic E-state index is 0.139.